The fourth-order valence-electron chi connectivity index (χ4n) is 2.16. The van der Waals surface area contributed by atoms with E-state index >= 15 is 0 Å². The fraction of sp³-hybridized carbons (Fsp3) is 0.118. The van der Waals surface area contributed by atoms with Gasteiger partial charge in [0.15, 0.2) is 0 Å². The van der Waals surface area contributed by atoms with Crippen molar-refractivity contribution in [1.82, 2.24) is 4.98 Å². The van der Waals surface area contributed by atoms with Crippen molar-refractivity contribution in [3.63, 3.8) is 0 Å². The number of nitrogens with two attached hydrogens (primary N) is 1. The summed E-state index contributed by atoms with van der Waals surface area (Å²) in [6.07, 6.45) is 0. The highest BCUT2D eigenvalue weighted by Gasteiger charge is 2.13. The zero-order chi connectivity index (χ0) is 13.9. The summed E-state index contributed by atoms with van der Waals surface area (Å²) in [5.41, 5.74) is 9.93. The first-order chi connectivity index (χ1) is 9.74. The Morgan fingerprint density at radius 2 is 1.70 bits per heavy atom. The summed E-state index contributed by atoms with van der Waals surface area (Å²) in [5, 5.41) is 3.25. The summed E-state index contributed by atoms with van der Waals surface area (Å²) in [7, 11) is 0. The Balaban J connectivity index is 1.89. The highest BCUT2D eigenvalue weighted by Crippen LogP contribution is 2.30. The first kappa shape index (κ1) is 12.9. The molecule has 1 atom stereocenters. The number of hydrogen-bond donors (Lipinski definition) is 1. The standard InChI is InChI=1S/C17H16N2S/c1-12(13-5-3-2-4-6-13)17-19-16(11-20-17)14-7-9-15(18)10-8-14/h2-12H,18H2,1H3/t12-/m1/s1. The second-order valence-electron chi connectivity index (χ2n) is 4.83. The Labute approximate surface area is 122 Å². The molecule has 2 nitrogen and oxygen atoms in total. The van der Waals surface area contributed by atoms with Crippen LogP contribution in [-0.4, -0.2) is 4.98 Å². The molecule has 2 aromatic carbocycles. The molecular weight excluding hydrogens is 264 g/mol. The second-order valence-corrected chi connectivity index (χ2v) is 5.72. The molecule has 1 heterocycles. The van der Waals surface area contributed by atoms with Crippen LogP contribution < -0.4 is 5.73 Å². The summed E-state index contributed by atoms with van der Waals surface area (Å²) in [4.78, 5) is 4.76. The van der Waals surface area contributed by atoms with Gasteiger partial charge in [-0.15, -0.1) is 11.3 Å². The Bertz CT molecular complexity index is 687. The van der Waals surface area contributed by atoms with Gasteiger partial charge >= 0.3 is 0 Å². The van der Waals surface area contributed by atoms with Crippen LogP contribution in [0, 0.1) is 0 Å². The molecule has 0 saturated heterocycles. The molecule has 3 aromatic rings. The fourth-order valence-corrected chi connectivity index (χ4v) is 3.07. The summed E-state index contributed by atoms with van der Waals surface area (Å²) in [6.45, 7) is 2.20. The van der Waals surface area contributed by atoms with E-state index in [9.17, 15) is 0 Å². The van der Waals surface area contributed by atoms with Crippen LogP contribution in [0.5, 0.6) is 0 Å². The number of benzene rings is 2. The largest absolute Gasteiger partial charge is 0.399 e. The van der Waals surface area contributed by atoms with Crippen LogP contribution in [0.1, 0.15) is 23.4 Å². The maximum Gasteiger partial charge on any atom is 0.100 e. The van der Waals surface area contributed by atoms with Gasteiger partial charge in [0, 0.05) is 22.5 Å². The molecule has 100 valence electrons. The zero-order valence-corrected chi connectivity index (χ0v) is 12.1. The van der Waals surface area contributed by atoms with Crippen molar-refractivity contribution in [2.45, 2.75) is 12.8 Å². The van der Waals surface area contributed by atoms with Crippen molar-refractivity contribution in [3.05, 3.63) is 70.5 Å². The van der Waals surface area contributed by atoms with Crippen molar-refractivity contribution in [2.24, 2.45) is 0 Å². The molecule has 20 heavy (non-hydrogen) atoms. The van der Waals surface area contributed by atoms with Crippen LogP contribution in [-0.2, 0) is 0 Å². The monoisotopic (exact) mass is 280 g/mol. The minimum absolute atomic E-state index is 0.323. The number of anilines is 1. The average molecular weight is 280 g/mol. The Kier molecular flexibility index (Phi) is 3.52. The summed E-state index contributed by atoms with van der Waals surface area (Å²) >= 11 is 1.71. The average Bonchev–Trinajstić information content (AvgIpc) is 2.98. The lowest BCUT2D eigenvalue weighted by Crippen LogP contribution is -1.94. The van der Waals surface area contributed by atoms with Gasteiger partial charge in [-0.05, 0) is 17.7 Å². The van der Waals surface area contributed by atoms with Gasteiger partial charge in [-0.2, -0.15) is 0 Å². The summed E-state index contributed by atoms with van der Waals surface area (Å²) in [6, 6.07) is 18.3. The lowest BCUT2D eigenvalue weighted by Gasteiger charge is -2.07. The van der Waals surface area contributed by atoms with Crippen LogP contribution >= 0.6 is 11.3 Å². The van der Waals surface area contributed by atoms with Crippen molar-refractivity contribution in [2.75, 3.05) is 5.73 Å². The lowest BCUT2D eigenvalue weighted by molar-refractivity contribution is 0.906. The molecule has 3 heteroatoms. The molecule has 2 N–H and O–H groups in total. The molecule has 0 aliphatic carbocycles. The van der Waals surface area contributed by atoms with Gasteiger partial charge in [0.1, 0.15) is 5.01 Å². The van der Waals surface area contributed by atoms with Crippen molar-refractivity contribution < 1.29 is 0 Å². The molecule has 0 spiro atoms. The maximum atomic E-state index is 5.72. The van der Waals surface area contributed by atoms with Gasteiger partial charge in [0.2, 0.25) is 0 Å². The van der Waals surface area contributed by atoms with Gasteiger partial charge in [0.05, 0.1) is 5.69 Å². The predicted octanol–water partition coefficient (Wildman–Crippen LogP) is 4.54. The molecule has 0 aliphatic rings. The number of thiazole rings is 1. The molecule has 0 bridgehead atoms. The number of rotatable bonds is 3. The first-order valence-electron chi connectivity index (χ1n) is 6.60. The van der Waals surface area contributed by atoms with Gasteiger partial charge in [-0.1, -0.05) is 49.4 Å². The van der Waals surface area contributed by atoms with Gasteiger partial charge in [-0.3, -0.25) is 0 Å². The van der Waals surface area contributed by atoms with E-state index in [0.717, 1.165) is 22.0 Å². The molecule has 0 radical (unpaired) electrons. The minimum Gasteiger partial charge on any atom is -0.399 e. The van der Waals surface area contributed by atoms with E-state index in [1.807, 2.05) is 30.3 Å². The molecular formula is C17H16N2S. The minimum atomic E-state index is 0.323. The van der Waals surface area contributed by atoms with Gasteiger partial charge in [0.25, 0.3) is 0 Å². The van der Waals surface area contributed by atoms with Crippen molar-refractivity contribution in [1.29, 1.82) is 0 Å². The molecule has 3 rings (SSSR count). The van der Waals surface area contributed by atoms with E-state index in [-0.39, 0.29) is 0 Å². The zero-order valence-electron chi connectivity index (χ0n) is 11.3. The number of nitrogens with zero attached hydrogens (tertiary/aromatic N) is 1. The quantitative estimate of drug-likeness (QED) is 0.715. The predicted molar refractivity (Wildman–Crippen MR) is 85.9 cm³/mol. The van der Waals surface area contributed by atoms with E-state index in [1.54, 1.807) is 11.3 Å². The third kappa shape index (κ3) is 2.58. The van der Waals surface area contributed by atoms with Crippen LogP contribution in [0.3, 0.4) is 0 Å². The highest BCUT2D eigenvalue weighted by molar-refractivity contribution is 7.10. The second kappa shape index (κ2) is 5.47. The topological polar surface area (TPSA) is 38.9 Å². The third-order valence-electron chi connectivity index (χ3n) is 3.40. The molecule has 0 aliphatic heterocycles. The Hall–Kier alpha value is -2.13. The van der Waals surface area contributed by atoms with E-state index in [4.69, 9.17) is 10.7 Å². The molecule has 0 fully saturated rings. The third-order valence-corrected chi connectivity index (χ3v) is 4.43. The Morgan fingerprint density at radius 3 is 2.40 bits per heavy atom. The smallest absolute Gasteiger partial charge is 0.100 e. The van der Waals surface area contributed by atoms with E-state index in [0.29, 0.717) is 5.92 Å². The van der Waals surface area contributed by atoms with Crippen LogP contribution in [0.2, 0.25) is 0 Å². The molecule has 0 unspecified atom stereocenters. The number of hydrogen-bond acceptors (Lipinski definition) is 3. The number of nitrogen functional groups attached to an aromatic ring is 1. The van der Waals surface area contributed by atoms with Crippen LogP contribution in [0.25, 0.3) is 11.3 Å². The Morgan fingerprint density at radius 1 is 1.00 bits per heavy atom. The van der Waals surface area contributed by atoms with Crippen molar-refractivity contribution >= 4 is 17.0 Å². The van der Waals surface area contributed by atoms with E-state index < -0.39 is 0 Å². The number of aromatic nitrogens is 1. The van der Waals surface area contributed by atoms with Gasteiger partial charge < -0.3 is 5.73 Å². The molecule has 1 aromatic heterocycles. The summed E-state index contributed by atoms with van der Waals surface area (Å²) < 4.78 is 0. The maximum absolute atomic E-state index is 5.72. The summed E-state index contributed by atoms with van der Waals surface area (Å²) in [5.74, 6) is 0.323. The van der Waals surface area contributed by atoms with Crippen molar-refractivity contribution in [3.8, 4) is 11.3 Å². The molecule has 0 amide bonds. The normalized spacial score (nSPS) is 12.2. The first-order valence-corrected chi connectivity index (χ1v) is 7.48. The SMILES string of the molecule is C[C@H](c1ccccc1)c1nc(-c2ccc(N)cc2)cs1. The van der Waals surface area contributed by atoms with Crippen LogP contribution in [0.4, 0.5) is 5.69 Å². The van der Waals surface area contributed by atoms with E-state index in [2.05, 4.69) is 36.6 Å². The van der Waals surface area contributed by atoms with Crippen LogP contribution in [0.15, 0.2) is 60.0 Å². The molecule has 0 saturated carbocycles. The highest BCUT2D eigenvalue weighted by atomic mass is 32.1. The van der Waals surface area contributed by atoms with Gasteiger partial charge in [-0.25, -0.2) is 4.98 Å². The van der Waals surface area contributed by atoms with E-state index in [1.165, 1.54) is 5.56 Å². The lowest BCUT2D eigenvalue weighted by atomic mass is 10.0.